The number of anilines is 4. The maximum absolute atomic E-state index is 11.7. The van der Waals surface area contributed by atoms with Crippen molar-refractivity contribution in [3.05, 3.63) is 91.4 Å². The maximum Gasteiger partial charge on any atom is 0.247 e. The highest BCUT2D eigenvalue weighted by Gasteiger charge is 2.20. The summed E-state index contributed by atoms with van der Waals surface area (Å²) >= 11 is 1.51. The van der Waals surface area contributed by atoms with E-state index in [1.54, 1.807) is 12.1 Å². The molecule has 196 valence electrons. The fourth-order valence-electron chi connectivity index (χ4n) is 4.70. The van der Waals surface area contributed by atoms with Gasteiger partial charge in [-0.15, -0.1) is 11.3 Å². The molecule has 9 nitrogen and oxygen atoms in total. The van der Waals surface area contributed by atoms with E-state index in [9.17, 15) is 4.79 Å². The minimum absolute atomic E-state index is 0.286. The molecule has 1 fully saturated rings. The van der Waals surface area contributed by atoms with Gasteiger partial charge in [0.1, 0.15) is 10.4 Å². The van der Waals surface area contributed by atoms with Gasteiger partial charge in [-0.3, -0.25) is 4.79 Å². The second-order valence-electron chi connectivity index (χ2n) is 9.21. The molecule has 0 atom stereocenters. The third kappa shape index (κ3) is 5.60. The lowest BCUT2D eigenvalue weighted by atomic mass is 10.0. The highest BCUT2D eigenvalue weighted by Crippen LogP contribution is 2.34. The predicted octanol–water partition coefficient (Wildman–Crippen LogP) is 6.39. The summed E-state index contributed by atoms with van der Waals surface area (Å²) in [5.74, 6) is 1.16. The number of hydrogen-bond donors (Lipinski definition) is 2. The molecule has 0 aliphatic carbocycles. The van der Waals surface area contributed by atoms with Gasteiger partial charge in [0.15, 0.2) is 0 Å². The van der Waals surface area contributed by atoms with Gasteiger partial charge < -0.3 is 24.8 Å². The molecule has 6 rings (SSSR count). The fourth-order valence-corrected chi connectivity index (χ4v) is 5.45. The first kappa shape index (κ1) is 24.6. The lowest BCUT2D eigenvalue weighted by Gasteiger charge is -2.34. The molecule has 0 spiro atoms. The van der Waals surface area contributed by atoms with Gasteiger partial charge in [0.05, 0.1) is 11.8 Å². The molecule has 3 aromatic heterocycles. The number of benzene rings is 2. The molecule has 10 heteroatoms. The van der Waals surface area contributed by atoms with Crippen LogP contribution in [0.15, 0.2) is 91.4 Å². The van der Waals surface area contributed by atoms with Crippen LogP contribution in [-0.4, -0.2) is 38.5 Å². The number of fused-ring (bicyclic) bond motifs is 1. The van der Waals surface area contributed by atoms with Crippen LogP contribution in [-0.2, 0) is 4.79 Å². The highest BCUT2D eigenvalue weighted by molar-refractivity contribution is 7.17. The smallest absolute Gasteiger partial charge is 0.247 e. The van der Waals surface area contributed by atoms with Crippen LogP contribution < -0.4 is 20.3 Å². The lowest BCUT2D eigenvalue weighted by molar-refractivity contribution is -0.111. The summed E-state index contributed by atoms with van der Waals surface area (Å²) in [5, 5.41) is 8.02. The molecule has 1 amide bonds. The molecule has 0 radical (unpaired) electrons. The van der Waals surface area contributed by atoms with Crippen LogP contribution in [0.2, 0.25) is 0 Å². The molecular formula is C29H27N7O2S. The molecule has 0 saturated carbocycles. The summed E-state index contributed by atoms with van der Waals surface area (Å²) in [7, 11) is 0. The zero-order valence-corrected chi connectivity index (χ0v) is 22.0. The summed E-state index contributed by atoms with van der Waals surface area (Å²) < 4.78 is 9.20. The minimum Gasteiger partial charge on any atom is -0.437 e. The second kappa shape index (κ2) is 11.0. The van der Waals surface area contributed by atoms with E-state index in [0.29, 0.717) is 29.3 Å². The third-order valence-electron chi connectivity index (χ3n) is 6.67. The van der Waals surface area contributed by atoms with Gasteiger partial charge in [-0.1, -0.05) is 12.6 Å². The summed E-state index contributed by atoms with van der Waals surface area (Å²) in [5.41, 5.74) is 3.49. The predicted molar refractivity (Wildman–Crippen MR) is 155 cm³/mol. The number of thiophene rings is 1. The van der Waals surface area contributed by atoms with Gasteiger partial charge in [-0.2, -0.15) is 4.98 Å². The summed E-state index contributed by atoms with van der Waals surface area (Å²) in [6.45, 7) is 5.50. The van der Waals surface area contributed by atoms with E-state index in [1.165, 1.54) is 23.1 Å². The molecule has 1 aliphatic rings. The Balaban J connectivity index is 1.15. The molecule has 39 heavy (non-hydrogen) atoms. The Hall–Kier alpha value is -4.70. The Bertz CT molecular complexity index is 1590. The van der Waals surface area contributed by atoms with Crippen molar-refractivity contribution in [2.75, 3.05) is 28.6 Å². The topological polar surface area (TPSA) is 97.2 Å². The van der Waals surface area contributed by atoms with Gasteiger partial charge in [0.2, 0.25) is 17.7 Å². The number of nitrogens with one attached hydrogen (secondary N) is 2. The number of carbonyl (C=O) groups is 1. The SMILES string of the molecule is C=CC(=O)Nc1cccc(Oc2nc(Nc3ccc(N4CCC(n5ccnc5)CC4)cc3)nc3ccsc23)c1. The fraction of sp³-hybridized carbons (Fsp3) is 0.172. The number of ether oxygens (including phenoxy) is 1. The largest absolute Gasteiger partial charge is 0.437 e. The Morgan fingerprint density at radius 2 is 1.92 bits per heavy atom. The number of carbonyl (C=O) groups excluding carboxylic acids is 1. The van der Waals surface area contributed by atoms with Crippen LogP contribution in [0, 0.1) is 0 Å². The van der Waals surface area contributed by atoms with Crippen molar-refractivity contribution in [2.24, 2.45) is 0 Å². The quantitative estimate of drug-likeness (QED) is 0.221. The third-order valence-corrected chi connectivity index (χ3v) is 7.57. The lowest BCUT2D eigenvalue weighted by Crippen LogP contribution is -2.34. The molecular weight excluding hydrogens is 510 g/mol. The average molecular weight is 538 g/mol. The van der Waals surface area contributed by atoms with Crippen LogP contribution in [0.25, 0.3) is 10.2 Å². The van der Waals surface area contributed by atoms with Crippen molar-refractivity contribution in [2.45, 2.75) is 18.9 Å². The zero-order valence-electron chi connectivity index (χ0n) is 21.2. The van der Waals surface area contributed by atoms with E-state index in [2.05, 4.69) is 53.8 Å². The first-order chi connectivity index (χ1) is 19.1. The van der Waals surface area contributed by atoms with Crippen molar-refractivity contribution in [1.82, 2.24) is 19.5 Å². The van der Waals surface area contributed by atoms with Gasteiger partial charge in [-0.25, -0.2) is 9.97 Å². The number of amides is 1. The normalized spacial score (nSPS) is 13.8. The standard InChI is InChI=1S/C29H27N7O2S/c1-2-26(37)31-21-4-3-5-24(18-21)38-28-27-25(12-17-39-27)33-29(34-28)32-20-6-8-22(9-7-20)35-14-10-23(11-15-35)36-16-13-30-19-36/h2-9,12-13,16-19,23H,1,10-11,14-15H2,(H,31,37)(H,32,33,34). The Kier molecular flexibility index (Phi) is 6.92. The molecule has 2 aromatic carbocycles. The summed E-state index contributed by atoms with van der Waals surface area (Å²) in [6.07, 6.45) is 9.22. The van der Waals surface area contributed by atoms with Crippen LogP contribution >= 0.6 is 11.3 Å². The maximum atomic E-state index is 11.7. The van der Waals surface area contributed by atoms with Crippen LogP contribution in [0.5, 0.6) is 11.6 Å². The summed E-state index contributed by atoms with van der Waals surface area (Å²) in [4.78, 5) is 27.6. The van der Waals surface area contributed by atoms with Crippen molar-refractivity contribution in [3.8, 4) is 11.6 Å². The number of rotatable bonds is 8. The van der Waals surface area contributed by atoms with Crippen LogP contribution in [0.3, 0.4) is 0 Å². The van der Waals surface area contributed by atoms with Crippen molar-refractivity contribution >= 4 is 50.5 Å². The van der Waals surface area contributed by atoms with E-state index < -0.39 is 0 Å². The first-order valence-electron chi connectivity index (χ1n) is 12.7. The van der Waals surface area contributed by atoms with E-state index in [4.69, 9.17) is 4.74 Å². The van der Waals surface area contributed by atoms with Crippen molar-refractivity contribution in [1.29, 1.82) is 0 Å². The van der Waals surface area contributed by atoms with Crippen LogP contribution in [0.1, 0.15) is 18.9 Å². The zero-order chi connectivity index (χ0) is 26.6. The molecule has 2 N–H and O–H groups in total. The van der Waals surface area contributed by atoms with Gasteiger partial charge >= 0.3 is 0 Å². The Morgan fingerprint density at radius 1 is 1.08 bits per heavy atom. The van der Waals surface area contributed by atoms with E-state index in [-0.39, 0.29) is 5.91 Å². The molecule has 4 heterocycles. The molecule has 1 saturated heterocycles. The second-order valence-corrected chi connectivity index (χ2v) is 10.1. The van der Waals surface area contributed by atoms with Gasteiger partial charge in [0, 0.05) is 54.7 Å². The number of aromatic nitrogens is 4. The Morgan fingerprint density at radius 3 is 2.69 bits per heavy atom. The summed E-state index contributed by atoms with van der Waals surface area (Å²) in [6, 6.07) is 18.0. The molecule has 0 bridgehead atoms. The molecule has 1 aliphatic heterocycles. The number of imidazole rings is 1. The highest BCUT2D eigenvalue weighted by atomic mass is 32.1. The van der Waals surface area contributed by atoms with E-state index >= 15 is 0 Å². The molecule has 5 aromatic rings. The first-order valence-corrected chi connectivity index (χ1v) is 13.6. The van der Waals surface area contributed by atoms with Crippen LogP contribution in [0.4, 0.5) is 23.0 Å². The monoisotopic (exact) mass is 537 g/mol. The van der Waals surface area contributed by atoms with E-state index in [0.717, 1.165) is 41.8 Å². The van der Waals surface area contributed by atoms with Crippen molar-refractivity contribution in [3.63, 3.8) is 0 Å². The molecule has 0 unspecified atom stereocenters. The average Bonchev–Trinajstić information content (AvgIpc) is 3.67. The number of nitrogens with zero attached hydrogens (tertiary/aromatic N) is 5. The van der Waals surface area contributed by atoms with E-state index in [1.807, 2.05) is 54.4 Å². The number of piperidine rings is 1. The minimum atomic E-state index is -0.286. The van der Waals surface area contributed by atoms with Crippen molar-refractivity contribution < 1.29 is 9.53 Å². The number of hydrogen-bond acceptors (Lipinski definition) is 8. The Labute approximate surface area is 229 Å². The van der Waals surface area contributed by atoms with Gasteiger partial charge in [0.25, 0.3) is 0 Å². The van der Waals surface area contributed by atoms with Gasteiger partial charge in [-0.05, 0) is 66.8 Å².